The largest absolute Gasteiger partial charge is 0.491 e. The molecule has 0 aliphatic carbocycles. The lowest BCUT2D eigenvalue weighted by Gasteiger charge is -2.25. The monoisotopic (exact) mass is 466 g/mol. The Kier molecular flexibility index (Phi) is 8.73. The summed E-state index contributed by atoms with van der Waals surface area (Å²) < 4.78 is 11.4. The number of carbonyl (C=O) groups is 2. The average molecular weight is 467 g/mol. The lowest BCUT2D eigenvalue weighted by molar-refractivity contribution is -0.122. The van der Waals surface area contributed by atoms with E-state index in [1.807, 2.05) is 24.3 Å². The van der Waals surface area contributed by atoms with Crippen LogP contribution in [-0.4, -0.2) is 61.2 Å². The first-order chi connectivity index (χ1) is 16.7. The van der Waals surface area contributed by atoms with Crippen molar-refractivity contribution in [2.75, 3.05) is 44.8 Å². The molecule has 0 atom stereocenters. The number of hydrogen-bond acceptors (Lipinski definition) is 6. The van der Waals surface area contributed by atoms with Crippen molar-refractivity contribution in [1.82, 2.24) is 15.2 Å². The second kappa shape index (κ2) is 12.4. The quantitative estimate of drug-likeness (QED) is 0.713. The zero-order valence-electron chi connectivity index (χ0n) is 19.6. The molecule has 34 heavy (non-hydrogen) atoms. The van der Waals surface area contributed by atoms with Gasteiger partial charge in [-0.3, -0.25) is 9.59 Å². The smallest absolute Gasteiger partial charge is 0.258 e. The number of nitrogens with one attached hydrogen (secondary N) is 2. The molecule has 1 fully saturated rings. The van der Waals surface area contributed by atoms with Crippen LogP contribution in [0.2, 0.25) is 0 Å². The molecule has 3 heterocycles. The van der Waals surface area contributed by atoms with E-state index >= 15 is 0 Å². The van der Waals surface area contributed by atoms with E-state index in [9.17, 15) is 9.59 Å². The van der Waals surface area contributed by atoms with Gasteiger partial charge in [-0.2, -0.15) is 0 Å². The van der Waals surface area contributed by atoms with Gasteiger partial charge in [0.05, 0.1) is 24.4 Å². The molecule has 8 heteroatoms. The first-order valence-corrected chi connectivity index (χ1v) is 12.3. The van der Waals surface area contributed by atoms with Crippen LogP contribution < -0.4 is 15.4 Å². The summed E-state index contributed by atoms with van der Waals surface area (Å²) in [5.74, 6) is 1.29. The van der Waals surface area contributed by atoms with Gasteiger partial charge in [-0.15, -0.1) is 0 Å². The van der Waals surface area contributed by atoms with Crippen LogP contribution in [0.1, 0.15) is 48.9 Å². The van der Waals surface area contributed by atoms with Crippen LogP contribution in [0.25, 0.3) is 0 Å². The highest BCUT2D eigenvalue weighted by Gasteiger charge is 2.23. The molecule has 1 aromatic carbocycles. The summed E-state index contributed by atoms with van der Waals surface area (Å²) in [5, 5.41) is 6.30. The Morgan fingerprint density at radius 1 is 1.06 bits per heavy atom. The molecule has 2 aliphatic heterocycles. The summed E-state index contributed by atoms with van der Waals surface area (Å²) in [5.41, 5.74) is 1.19. The van der Waals surface area contributed by atoms with E-state index in [0.717, 1.165) is 63.2 Å². The van der Waals surface area contributed by atoms with Gasteiger partial charge in [-0.05, 0) is 55.9 Å². The van der Waals surface area contributed by atoms with Crippen LogP contribution in [0, 0.1) is 5.92 Å². The fourth-order valence-corrected chi connectivity index (χ4v) is 4.30. The first kappa shape index (κ1) is 24.0. The molecule has 1 saturated heterocycles. The number of para-hydroxylation sites is 2. The fourth-order valence-electron chi connectivity index (χ4n) is 4.30. The van der Waals surface area contributed by atoms with Crippen LogP contribution >= 0.6 is 0 Å². The number of nitrogens with zero attached hydrogens (tertiary/aromatic N) is 2. The minimum atomic E-state index is -0.202. The summed E-state index contributed by atoms with van der Waals surface area (Å²) in [6.07, 6.45) is 7.30. The van der Waals surface area contributed by atoms with E-state index < -0.39 is 0 Å². The van der Waals surface area contributed by atoms with Crippen molar-refractivity contribution in [2.45, 2.75) is 38.5 Å². The molecule has 1 aromatic heterocycles. The zero-order chi connectivity index (χ0) is 23.6. The molecule has 2 aliphatic rings. The lowest BCUT2D eigenvalue weighted by atomic mass is 10.0. The fraction of sp³-hybridized carbons (Fsp3) is 0.500. The van der Waals surface area contributed by atoms with Crippen LogP contribution in [0.4, 0.5) is 11.5 Å². The SMILES string of the molecule is O=C(CN1CCCCCCOc2ccccc2Nc2ncccc2C1=O)NCC1CCOCC1. The Morgan fingerprint density at radius 3 is 2.76 bits per heavy atom. The standard InChI is InChI=1S/C26H34N4O4/c31-24(28-18-20-11-16-33-17-12-20)19-30-14-5-1-2-6-15-34-23-10-4-3-9-22(23)29-25-21(26(30)32)8-7-13-27-25/h3-4,7-10,13,20H,1-2,5-6,11-12,14-19H2,(H,27,29)(H,28,31). The maximum absolute atomic E-state index is 13.6. The van der Waals surface area contributed by atoms with Gasteiger partial charge in [0.25, 0.3) is 5.91 Å². The van der Waals surface area contributed by atoms with Crippen molar-refractivity contribution < 1.29 is 19.1 Å². The number of benzene rings is 1. The van der Waals surface area contributed by atoms with Gasteiger partial charge in [0.1, 0.15) is 11.6 Å². The molecule has 0 bridgehead atoms. The molecule has 8 nitrogen and oxygen atoms in total. The van der Waals surface area contributed by atoms with E-state index in [-0.39, 0.29) is 18.4 Å². The molecule has 182 valence electrons. The van der Waals surface area contributed by atoms with E-state index in [0.29, 0.717) is 37.0 Å². The number of anilines is 2. The molecule has 0 unspecified atom stereocenters. The first-order valence-electron chi connectivity index (χ1n) is 12.3. The zero-order valence-corrected chi connectivity index (χ0v) is 19.6. The summed E-state index contributed by atoms with van der Waals surface area (Å²) in [6, 6.07) is 11.2. The van der Waals surface area contributed by atoms with Gasteiger partial charge < -0.3 is 25.0 Å². The predicted octanol–water partition coefficient (Wildman–Crippen LogP) is 3.76. The normalized spacial score (nSPS) is 18.0. The van der Waals surface area contributed by atoms with Crippen molar-refractivity contribution in [3.63, 3.8) is 0 Å². The Balaban J connectivity index is 1.50. The lowest BCUT2D eigenvalue weighted by Crippen LogP contribution is -2.43. The van der Waals surface area contributed by atoms with E-state index in [1.165, 1.54) is 0 Å². The number of amides is 2. The Labute approximate surface area is 201 Å². The number of hydrogen-bond donors (Lipinski definition) is 2. The minimum Gasteiger partial charge on any atom is -0.491 e. The highest BCUT2D eigenvalue weighted by molar-refractivity contribution is 6.01. The third kappa shape index (κ3) is 6.70. The average Bonchev–Trinajstić information content (AvgIpc) is 2.87. The molecule has 0 spiro atoms. The van der Waals surface area contributed by atoms with E-state index in [4.69, 9.17) is 9.47 Å². The van der Waals surface area contributed by atoms with Crippen LogP contribution in [0.3, 0.4) is 0 Å². The molecule has 0 radical (unpaired) electrons. The van der Waals surface area contributed by atoms with Crippen molar-refractivity contribution in [3.05, 3.63) is 48.2 Å². The number of ether oxygens (including phenoxy) is 2. The molecule has 0 saturated carbocycles. The molecular formula is C26H34N4O4. The van der Waals surface area contributed by atoms with Gasteiger partial charge in [0.15, 0.2) is 0 Å². The molecule has 2 amide bonds. The summed E-state index contributed by atoms with van der Waals surface area (Å²) in [4.78, 5) is 32.4. The predicted molar refractivity (Wildman–Crippen MR) is 130 cm³/mol. The maximum atomic E-state index is 13.6. The molecule has 2 N–H and O–H groups in total. The van der Waals surface area contributed by atoms with Crippen LogP contribution in [0.5, 0.6) is 5.75 Å². The minimum absolute atomic E-state index is 0.0378. The van der Waals surface area contributed by atoms with E-state index in [2.05, 4.69) is 15.6 Å². The number of fused-ring (bicyclic) bond motifs is 2. The van der Waals surface area contributed by atoms with Gasteiger partial charge in [-0.25, -0.2) is 4.98 Å². The van der Waals surface area contributed by atoms with Crippen molar-refractivity contribution in [2.24, 2.45) is 5.92 Å². The van der Waals surface area contributed by atoms with Crippen LogP contribution in [0.15, 0.2) is 42.6 Å². The number of rotatable bonds is 4. The Bertz CT molecular complexity index is 961. The summed E-state index contributed by atoms with van der Waals surface area (Å²) in [7, 11) is 0. The van der Waals surface area contributed by atoms with Crippen molar-refractivity contribution >= 4 is 23.3 Å². The molecular weight excluding hydrogens is 432 g/mol. The highest BCUT2D eigenvalue weighted by Crippen LogP contribution is 2.29. The second-order valence-corrected chi connectivity index (χ2v) is 8.87. The van der Waals surface area contributed by atoms with Gasteiger partial charge in [0.2, 0.25) is 5.91 Å². The third-order valence-electron chi connectivity index (χ3n) is 6.31. The molecule has 2 aromatic rings. The van der Waals surface area contributed by atoms with Crippen LogP contribution in [-0.2, 0) is 9.53 Å². The third-order valence-corrected chi connectivity index (χ3v) is 6.31. The number of aromatic nitrogens is 1. The van der Waals surface area contributed by atoms with Crippen molar-refractivity contribution in [1.29, 1.82) is 0 Å². The summed E-state index contributed by atoms with van der Waals surface area (Å²) >= 11 is 0. The topological polar surface area (TPSA) is 92.8 Å². The summed E-state index contributed by atoms with van der Waals surface area (Å²) in [6.45, 7) is 3.31. The second-order valence-electron chi connectivity index (χ2n) is 8.87. The maximum Gasteiger partial charge on any atom is 0.258 e. The van der Waals surface area contributed by atoms with Gasteiger partial charge in [0, 0.05) is 32.5 Å². The van der Waals surface area contributed by atoms with Gasteiger partial charge >= 0.3 is 0 Å². The van der Waals surface area contributed by atoms with Gasteiger partial charge in [-0.1, -0.05) is 25.0 Å². The number of carbonyl (C=O) groups excluding carboxylic acids is 2. The Morgan fingerprint density at radius 2 is 1.88 bits per heavy atom. The number of pyridine rings is 1. The molecule has 4 rings (SSSR count). The van der Waals surface area contributed by atoms with E-state index in [1.54, 1.807) is 23.2 Å². The van der Waals surface area contributed by atoms with Crippen molar-refractivity contribution in [3.8, 4) is 5.75 Å². The highest BCUT2D eigenvalue weighted by atomic mass is 16.5. The Hall–Kier alpha value is -3.13.